The molecule has 3 aromatic rings. The molecule has 0 radical (unpaired) electrons. The van der Waals surface area contributed by atoms with Gasteiger partial charge in [0.1, 0.15) is 6.54 Å². The van der Waals surface area contributed by atoms with Crippen molar-refractivity contribution in [3.8, 4) is 11.4 Å². The Hall–Kier alpha value is -2.54. The number of rotatable bonds is 6. The third-order valence-electron chi connectivity index (χ3n) is 4.11. The van der Waals surface area contributed by atoms with Crippen molar-refractivity contribution < 1.29 is 4.79 Å². The Balaban J connectivity index is 1.61. The number of amides is 1. The van der Waals surface area contributed by atoms with Gasteiger partial charge in [0.15, 0.2) is 0 Å². The highest BCUT2D eigenvalue weighted by Gasteiger charge is 2.12. The zero-order valence-electron chi connectivity index (χ0n) is 14.7. The number of carbonyl (C=O) groups is 1. The summed E-state index contributed by atoms with van der Waals surface area (Å²) in [5, 5.41) is 15.3. The fourth-order valence-electron chi connectivity index (χ4n) is 2.57. The molecule has 0 aliphatic heterocycles. The molecule has 7 heteroatoms. The minimum Gasteiger partial charge on any atom is -0.348 e. The van der Waals surface area contributed by atoms with E-state index in [1.165, 1.54) is 10.4 Å². The number of aryl methyl sites for hydroxylation is 1. The smallest absolute Gasteiger partial charge is 0.244 e. The number of halogens is 1. The molecule has 1 amide bonds. The van der Waals surface area contributed by atoms with Gasteiger partial charge in [0, 0.05) is 10.0 Å². The molecule has 26 heavy (non-hydrogen) atoms. The SMILES string of the molecule is CCc1ccc(-c2nnn(CC(=O)N[C@H](C)c3ccc(Br)cc3)n2)cc1. The van der Waals surface area contributed by atoms with Crippen LogP contribution < -0.4 is 5.32 Å². The summed E-state index contributed by atoms with van der Waals surface area (Å²) in [5.41, 5.74) is 3.17. The minimum atomic E-state index is -0.161. The number of nitrogens with one attached hydrogen (secondary N) is 1. The Morgan fingerprint density at radius 3 is 2.50 bits per heavy atom. The Bertz CT molecular complexity index is 874. The number of benzene rings is 2. The molecule has 1 atom stereocenters. The molecule has 1 aromatic heterocycles. The van der Waals surface area contributed by atoms with Gasteiger partial charge in [-0.15, -0.1) is 10.2 Å². The van der Waals surface area contributed by atoms with E-state index in [9.17, 15) is 4.79 Å². The van der Waals surface area contributed by atoms with Crippen LogP contribution in [0.1, 0.15) is 31.0 Å². The van der Waals surface area contributed by atoms with Crippen LogP contribution in [0.4, 0.5) is 0 Å². The Kier molecular flexibility index (Phi) is 5.78. The largest absolute Gasteiger partial charge is 0.348 e. The van der Waals surface area contributed by atoms with Gasteiger partial charge < -0.3 is 5.32 Å². The van der Waals surface area contributed by atoms with Crippen LogP contribution in [0, 0.1) is 0 Å². The van der Waals surface area contributed by atoms with Crippen molar-refractivity contribution in [1.29, 1.82) is 0 Å². The summed E-state index contributed by atoms with van der Waals surface area (Å²) in [4.78, 5) is 13.6. The Labute approximate surface area is 160 Å². The van der Waals surface area contributed by atoms with E-state index >= 15 is 0 Å². The second-order valence-corrected chi connectivity index (χ2v) is 6.95. The van der Waals surface area contributed by atoms with E-state index in [-0.39, 0.29) is 18.5 Å². The molecule has 0 saturated heterocycles. The van der Waals surface area contributed by atoms with Crippen molar-refractivity contribution in [3.05, 3.63) is 64.1 Å². The summed E-state index contributed by atoms with van der Waals surface area (Å²) in [6, 6.07) is 15.8. The van der Waals surface area contributed by atoms with Gasteiger partial charge in [0.25, 0.3) is 0 Å². The lowest BCUT2D eigenvalue weighted by atomic mass is 10.1. The van der Waals surface area contributed by atoms with Gasteiger partial charge in [-0.25, -0.2) is 0 Å². The molecule has 0 unspecified atom stereocenters. The zero-order valence-corrected chi connectivity index (χ0v) is 16.3. The van der Waals surface area contributed by atoms with Gasteiger partial charge >= 0.3 is 0 Å². The standard InChI is InChI=1S/C19H20BrN5O/c1-3-14-4-6-16(7-5-14)19-22-24-25(23-19)12-18(26)21-13(2)15-8-10-17(20)11-9-15/h4-11,13H,3,12H2,1-2H3,(H,21,26)/t13-/m1/s1. The third kappa shape index (κ3) is 4.54. The van der Waals surface area contributed by atoms with E-state index in [4.69, 9.17) is 0 Å². The molecule has 0 bridgehead atoms. The quantitative estimate of drug-likeness (QED) is 0.670. The average Bonchev–Trinajstić information content (AvgIpc) is 3.10. The predicted octanol–water partition coefficient (Wildman–Crippen LogP) is 3.54. The summed E-state index contributed by atoms with van der Waals surface area (Å²) in [6.45, 7) is 4.08. The van der Waals surface area contributed by atoms with Crippen LogP contribution in [0.25, 0.3) is 11.4 Å². The lowest BCUT2D eigenvalue weighted by Crippen LogP contribution is -2.30. The first-order chi connectivity index (χ1) is 12.5. The van der Waals surface area contributed by atoms with Gasteiger partial charge in [-0.1, -0.05) is 59.3 Å². The highest BCUT2D eigenvalue weighted by Crippen LogP contribution is 2.17. The molecular formula is C19H20BrN5O. The Morgan fingerprint density at radius 2 is 1.85 bits per heavy atom. The van der Waals surface area contributed by atoms with Crippen molar-refractivity contribution in [3.63, 3.8) is 0 Å². The van der Waals surface area contributed by atoms with E-state index in [1.807, 2.05) is 55.5 Å². The molecule has 3 rings (SSSR count). The van der Waals surface area contributed by atoms with E-state index in [2.05, 4.69) is 43.6 Å². The maximum atomic E-state index is 12.2. The van der Waals surface area contributed by atoms with Gasteiger partial charge in [-0.2, -0.15) is 4.80 Å². The number of aromatic nitrogens is 4. The number of carbonyl (C=O) groups excluding carboxylic acids is 1. The monoisotopic (exact) mass is 413 g/mol. The number of nitrogens with zero attached hydrogens (tertiary/aromatic N) is 4. The highest BCUT2D eigenvalue weighted by molar-refractivity contribution is 9.10. The molecule has 134 valence electrons. The maximum Gasteiger partial charge on any atom is 0.244 e. The molecule has 2 aromatic carbocycles. The molecule has 0 saturated carbocycles. The third-order valence-corrected chi connectivity index (χ3v) is 4.63. The van der Waals surface area contributed by atoms with Crippen LogP contribution in [-0.2, 0) is 17.8 Å². The summed E-state index contributed by atoms with van der Waals surface area (Å²) in [7, 11) is 0. The molecule has 6 nitrogen and oxygen atoms in total. The van der Waals surface area contributed by atoms with Crippen LogP contribution in [0.5, 0.6) is 0 Å². The first kappa shape index (κ1) is 18.3. The maximum absolute atomic E-state index is 12.2. The fourth-order valence-corrected chi connectivity index (χ4v) is 2.83. The minimum absolute atomic E-state index is 0.0287. The van der Waals surface area contributed by atoms with E-state index in [0.29, 0.717) is 5.82 Å². The van der Waals surface area contributed by atoms with Gasteiger partial charge in [-0.05, 0) is 41.8 Å². The Morgan fingerprint density at radius 1 is 1.15 bits per heavy atom. The first-order valence-corrected chi connectivity index (χ1v) is 9.26. The van der Waals surface area contributed by atoms with Crippen molar-refractivity contribution in [2.45, 2.75) is 32.9 Å². The zero-order chi connectivity index (χ0) is 18.5. The summed E-state index contributed by atoms with van der Waals surface area (Å²) < 4.78 is 1.01. The van der Waals surface area contributed by atoms with Crippen LogP contribution >= 0.6 is 15.9 Å². The van der Waals surface area contributed by atoms with Crippen molar-refractivity contribution in [1.82, 2.24) is 25.5 Å². The van der Waals surface area contributed by atoms with Gasteiger partial charge in [-0.3, -0.25) is 4.79 Å². The summed E-state index contributed by atoms with van der Waals surface area (Å²) >= 11 is 3.40. The van der Waals surface area contributed by atoms with Gasteiger partial charge in [0.2, 0.25) is 11.7 Å². The van der Waals surface area contributed by atoms with E-state index < -0.39 is 0 Å². The molecule has 1 heterocycles. The highest BCUT2D eigenvalue weighted by atomic mass is 79.9. The normalized spacial score (nSPS) is 12.0. The number of hydrogen-bond donors (Lipinski definition) is 1. The molecule has 0 spiro atoms. The number of tetrazole rings is 1. The van der Waals surface area contributed by atoms with Crippen LogP contribution in [0.15, 0.2) is 53.0 Å². The van der Waals surface area contributed by atoms with Crippen molar-refractivity contribution in [2.75, 3.05) is 0 Å². The van der Waals surface area contributed by atoms with Crippen molar-refractivity contribution in [2.24, 2.45) is 0 Å². The van der Waals surface area contributed by atoms with Crippen LogP contribution in [0.2, 0.25) is 0 Å². The second kappa shape index (κ2) is 8.23. The van der Waals surface area contributed by atoms with E-state index in [1.54, 1.807) is 0 Å². The summed E-state index contributed by atoms with van der Waals surface area (Å²) in [5.74, 6) is 0.354. The fraction of sp³-hybridized carbons (Fsp3) is 0.263. The lowest BCUT2D eigenvalue weighted by Gasteiger charge is -2.14. The molecule has 0 fully saturated rings. The van der Waals surface area contributed by atoms with Gasteiger partial charge in [0.05, 0.1) is 6.04 Å². The molecule has 1 N–H and O–H groups in total. The van der Waals surface area contributed by atoms with E-state index in [0.717, 1.165) is 22.0 Å². The van der Waals surface area contributed by atoms with Crippen LogP contribution in [-0.4, -0.2) is 26.1 Å². The topological polar surface area (TPSA) is 72.7 Å². The average molecular weight is 414 g/mol. The van der Waals surface area contributed by atoms with Crippen LogP contribution in [0.3, 0.4) is 0 Å². The number of hydrogen-bond acceptors (Lipinski definition) is 4. The molecular weight excluding hydrogens is 394 g/mol. The lowest BCUT2D eigenvalue weighted by molar-refractivity contribution is -0.122. The van der Waals surface area contributed by atoms with Crippen molar-refractivity contribution >= 4 is 21.8 Å². The molecule has 0 aliphatic carbocycles. The predicted molar refractivity (Wildman–Crippen MR) is 103 cm³/mol. The second-order valence-electron chi connectivity index (χ2n) is 6.03. The summed E-state index contributed by atoms with van der Waals surface area (Å²) in [6.07, 6.45) is 0.983. The molecule has 0 aliphatic rings. The first-order valence-electron chi connectivity index (χ1n) is 8.47.